The van der Waals surface area contributed by atoms with Crippen molar-refractivity contribution < 1.29 is 9.53 Å². The van der Waals surface area contributed by atoms with Crippen molar-refractivity contribution in [3.63, 3.8) is 0 Å². The summed E-state index contributed by atoms with van der Waals surface area (Å²) in [6.07, 6.45) is 8.83. The number of carbonyl (C=O) groups is 1. The molecule has 3 heterocycles. The number of methoxy groups -OCH3 is 1. The quantitative estimate of drug-likeness (QED) is 0.391. The molecule has 0 aliphatic carbocycles. The number of amides is 1. The van der Waals surface area contributed by atoms with E-state index in [-0.39, 0.29) is 11.5 Å². The molecule has 0 aromatic carbocycles. The smallest absolute Gasteiger partial charge is 0.258 e. The third-order valence-corrected chi connectivity index (χ3v) is 5.17. The number of nitrogens with zero attached hydrogens (tertiary/aromatic N) is 1. The van der Waals surface area contributed by atoms with Crippen LogP contribution >= 0.6 is 11.3 Å². The van der Waals surface area contributed by atoms with Gasteiger partial charge in [0, 0.05) is 48.2 Å². The van der Waals surface area contributed by atoms with Gasteiger partial charge in [0.1, 0.15) is 5.01 Å². The van der Waals surface area contributed by atoms with Gasteiger partial charge in [-0.1, -0.05) is 24.8 Å². The maximum absolute atomic E-state index is 12.3. The Morgan fingerprint density at radius 3 is 2.93 bits per heavy atom. The number of ether oxygens (including phenoxy) is 1. The minimum Gasteiger partial charge on any atom is -0.383 e. The number of hydrogen-bond donors (Lipinski definition) is 3. The van der Waals surface area contributed by atoms with E-state index >= 15 is 0 Å². The van der Waals surface area contributed by atoms with Crippen LogP contribution in [0.2, 0.25) is 0 Å². The lowest BCUT2D eigenvalue weighted by atomic mass is 10.1. The predicted molar refractivity (Wildman–Crippen MR) is 116 cm³/mol. The van der Waals surface area contributed by atoms with Gasteiger partial charge in [-0.3, -0.25) is 9.59 Å². The standard InChI is InChI=1S/C21H22N4O3S/c1-4-5-6-15-13(2)23-11-17(15)18-12-29-21(25-18)16-9-14(10-24-20(16)27)19(26)22-7-8-28-3/h4-6,9-12,23H,1,7-8H2,2-3H3,(H,22,26)(H,24,27)/b6-5-. The summed E-state index contributed by atoms with van der Waals surface area (Å²) in [6, 6.07) is 1.56. The number of thiazole rings is 1. The third-order valence-electron chi connectivity index (χ3n) is 4.29. The van der Waals surface area contributed by atoms with E-state index < -0.39 is 0 Å². The van der Waals surface area contributed by atoms with Crippen LogP contribution in [0, 0.1) is 6.92 Å². The third kappa shape index (κ3) is 4.61. The van der Waals surface area contributed by atoms with Crippen molar-refractivity contribution in [2.45, 2.75) is 6.92 Å². The van der Waals surface area contributed by atoms with Gasteiger partial charge in [-0.15, -0.1) is 11.3 Å². The average Bonchev–Trinajstić information content (AvgIpc) is 3.33. The zero-order chi connectivity index (χ0) is 20.8. The van der Waals surface area contributed by atoms with E-state index in [4.69, 9.17) is 4.74 Å². The number of nitrogens with one attached hydrogen (secondary N) is 3. The van der Waals surface area contributed by atoms with Crippen LogP contribution in [0.5, 0.6) is 0 Å². The maximum Gasteiger partial charge on any atom is 0.258 e. The number of rotatable bonds is 8. The Kier molecular flexibility index (Phi) is 6.58. The molecule has 3 aromatic heterocycles. The van der Waals surface area contributed by atoms with Gasteiger partial charge in [-0.25, -0.2) is 4.98 Å². The lowest BCUT2D eigenvalue weighted by Gasteiger charge is -2.05. The predicted octanol–water partition coefficient (Wildman–Crippen LogP) is 3.38. The van der Waals surface area contributed by atoms with E-state index in [1.807, 2.05) is 30.7 Å². The van der Waals surface area contributed by atoms with E-state index in [2.05, 4.69) is 26.8 Å². The number of hydrogen-bond acceptors (Lipinski definition) is 5. The fourth-order valence-electron chi connectivity index (χ4n) is 2.79. The molecule has 3 rings (SSSR count). The molecule has 8 heteroatoms. The van der Waals surface area contributed by atoms with E-state index in [0.29, 0.717) is 29.3 Å². The first-order valence-electron chi connectivity index (χ1n) is 8.98. The lowest BCUT2D eigenvalue weighted by Crippen LogP contribution is -2.27. The molecule has 0 fully saturated rings. The van der Waals surface area contributed by atoms with Crippen LogP contribution in [0.15, 0.2) is 47.4 Å². The highest BCUT2D eigenvalue weighted by Crippen LogP contribution is 2.31. The normalized spacial score (nSPS) is 11.1. The molecule has 7 nitrogen and oxygen atoms in total. The van der Waals surface area contributed by atoms with Gasteiger partial charge in [0.2, 0.25) is 0 Å². The zero-order valence-electron chi connectivity index (χ0n) is 16.2. The lowest BCUT2D eigenvalue weighted by molar-refractivity contribution is 0.0936. The molecule has 0 saturated heterocycles. The van der Waals surface area contributed by atoms with Crippen LogP contribution in [0.25, 0.3) is 27.9 Å². The van der Waals surface area contributed by atoms with Gasteiger partial charge >= 0.3 is 0 Å². The monoisotopic (exact) mass is 410 g/mol. The van der Waals surface area contributed by atoms with E-state index in [0.717, 1.165) is 22.5 Å². The van der Waals surface area contributed by atoms with Crippen LogP contribution in [-0.4, -0.2) is 41.1 Å². The summed E-state index contributed by atoms with van der Waals surface area (Å²) in [4.78, 5) is 35.1. The number of carbonyl (C=O) groups excluding carboxylic acids is 1. The molecule has 0 atom stereocenters. The van der Waals surface area contributed by atoms with E-state index in [1.165, 1.54) is 17.5 Å². The SMILES string of the molecule is C=C/C=C\c1c(-c2csc(-c3cc(C(=O)NCCOC)c[nH]c3=O)n2)c[nH]c1C. The molecule has 0 bridgehead atoms. The Hall–Kier alpha value is -3.23. The Balaban J connectivity index is 1.92. The fourth-order valence-corrected chi connectivity index (χ4v) is 3.63. The maximum atomic E-state index is 12.3. The minimum atomic E-state index is -0.295. The van der Waals surface area contributed by atoms with Crippen LogP contribution in [0.3, 0.4) is 0 Å². The first kappa shape index (κ1) is 20.5. The van der Waals surface area contributed by atoms with Crippen molar-refractivity contribution in [3.05, 3.63) is 69.7 Å². The molecule has 0 unspecified atom stereocenters. The number of pyridine rings is 1. The first-order chi connectivity index (χ1) is 14.0. The van der Waals surface area contributed by atoms with Gasteiger partial charge in [0.25, 0.3) is 11.5 Å². The summed E-state index contributed by atoms with van der Waals surface area (Å²) in [6.45, 7) is 6.49. The van der Waals surface area contributed by atoms with Crippen LogP contribution in [0.4, 0.5) is 0 Å². The molecule has 29 heavy (non-hydrogen) atoms. The van der Waals surface area contributed by atoms with Crippen molar-refractivity contribution in [2.75, 3.05) is 20.3 Å². The highest BCUT2D eigenvalue weighted by atomic mass is 32.1. The Bertz CT molecular complexity index is 1110. The Morgan fingerprint density at radius 1 is 1.34 bits per heavy atom. The molecule has 0 aliphatic heterocycles. The Morgan fingerprint density at radius 2 is 2.17 bits per heavy atom. The number of aromatic amines is 2. The highest BCUT2D eigenvalue weighted by Gasteiger charge is 2.16. The summed E-state index contributed by atoms with van der Waals surface area (Å²) in [7, 11) is 1.56. The number of aryl methyl sites for hydroxylation is 1. The molecule has 0 radical (unpaired) electrons. The molecule has 0 saturated carbocycles. The highest BCUT2D eigenvalue weighted by molar-refractivity contribution is 7.13. The van der Waals surface area contributed by atoms with Crippen LogP contribution in [-0.2, 0) is 4.74 Å². The zero-order valence-corrected chi connectivity index (χ0v) is 17.1. The van der Waals surface area contributed by atoms with Crippen molar-refractivity contribution in [1.29, 1.82) is 0 Å². The topological polar surface area (TPSA) is 99.9 Å². The van der Waals surface area contributed by atoms with Crippen molar-refractivity contribution in [1.82, 2.24) is 20.3 Å². The summed E-state index contributed by atoms with van der Waals surface area (Å²) >= 11 is 1.35. The fraction of sp³-hybridized carbons (Fsp3) is 0.190. The van der Waals surface area contributed by atoms with E-state index in [1.54, 1.807) is 19.3 Å². The first-order valence-corrected chi connectivity index (χ1v) is 9.86. The molecule has 3 N–H and O–H groups in total. The van der Waals surface area contributed by atoms with Gasteiger partial charge in [0.05, 0.1) is 23.4 Å². The second-order valence-corrected chi connectivity index (χ2v) is 7.11. The molecule has 0 aliphatic rings. The summed E-state index contributed by atoms with van der Waals surface area (Å²) in [5.41, 5.74) is 4.15. The number of H-pyrrole nitrogens is 2. The number of aromatic nitrogens is 3. The van der Waals surface area contributed by atoms with Gasteiger partial charge in [-0.05, 0) is 13.0 Å². The summed E-state index contributed by atoms with van der Waals surface area (Å²) in [5, 5.41) is 5.18. The summed E-state index contributed by atoms with van der Waals surface area (Å²) in [5.74, 6) is -0.283. The van der Waals surface area contributed by atoms with E-state index in [9.17, 15) is 9.59 Å². The average molecular weight is 410 g/mol. The molecular weight excluding hydrogens is 388 g/mol. The molecule has 0 spiro atoms. The molecule has 3 aromatic rings. The van der Waals surface area contributed by atoms with Crippen LogP contribution in [0.1, 0.15) is 21.6 Å². The van der Waals surface area contributed by atoms with Gasteiger partial charge < -0.3 is 20.0 Å². The van der Waals surface area contributed by atoms with Gasteiger partial charge in [-0.2, -0.15) is 0 Å². The second-order valence-electron chi connectivity index (χ2n) is 6.25. The largest absolute Gasteiger partial charge is 0.383 e. The van der Waals surface area contributed by atoms with Crippen LogP contribution < -0.4 is 10.9 Å². The molecule has 150 valence electrons. The summed E-state index contributed by atoms with van der Waals surface area (Å²) < 4.78 is 4.93. The van der Waals surface area contributed by atoms with Gasteiger partial charge in [0.15, 0.2) is 0 Å². The minimum absolute atomic E-state index is 0.283. The van der Waals surface area contributed by atoms with Crippen molar-refractivity contribution in [2.24, 2.45) is 0 Å². The van der Waals surface area contributed by atoms with Crippen molar-refractivity contribution >= 4 is 23.3 Å². The second kappa shape index (κ2) is 9.31. The Labute approximate surface area is 172 Å². The van der Waals surface area contributed by atoms with Crippen molar-refractivity contribution in [3.8, 4) is 21.8 Å². The number of allylic oxidation sites excluding steroid dienone is 2. The molecular formula is C21H22N4O3S. The molecule has 1 amide bonds.